The SMILES string of the molecule is CC(Sc1ccc(Cl)nn1)C(=O)N(C)Cc1c(F)cccc1Cl. The average Bonchev–Trinajstić information content (AvgIpc) is 2.52. The number of benzene rings is 1. The molecule has 0 spiro atoms. The number of carbonyl (C=O) groups excluding carboxylic acids is 1. The van der Waals surface area contributed by atoms with Gasteiger partial charge in [0.1, 0.15) is 10.8 Å². The van der Waals surface area contributed by atoms with Crippen LogP contribution in [0.15, 0.2) is 35.4 Å². The lowest BCUT2D eigenvalue weighted by molar-refractivity contribution is -0.129. The van der Waals surface area contributed by atoms with Crippen molar-refractivity contribution in [1.29, 1.82) is 0 Å². The first-order valence-electron chi connectivity index (χ1n) is 6.72. The van der Waals surface area contributed by atoms with E-state index in [1.54, 1.807) is 32.2 Å². The summed E-state index contributed by atoms with van der Waals surface area (Å²) in [6, 6.07) is 7.75. The smallest absolute Gasteiger partial charge is 0.235 e. The standard InChI is InChI=1S/C15H14Cl2FN3OS/c1-9(23-14-7-6-13(17)19-20-14)15(22)21(2)8-10-11(16)4-3-5-12(10)18/h3-7,9H,8H2,1-2H3. The van der Waals surface area contributed by atoms with Crippen LogP contribution in [0.4, 0.5) is 4.39 Å². The quantitative estimate of drug-likeness (QED) is 0.741. The Bertz CT molecular complexity index is 679. The van der Waals surface area contributed by atoms with E-state index < -0.39 is 11.1 Å². The van der Waals surface area contributed by atoms with Crippen LogP contribution in [-0.2, 0) is 11.3 Å². The minimum absolute atomic E-state index is 0.0987. The number of aromatic nitrogens is 2. The van der Waals surface area contributed by atoms with Crippen LogP contribution in [-0.4, -0.2) is 33.3 Å². The minimum Gasteiger partial charge on any atom is -0.340 e. The molecule has 122 valence electrons. The number of thioether (sulfide) groups is 1. The second-order valence-corrected chi connectivity index (χ2v) is 7.00. The van der Waals surface area contributed by atoms with Gasteiger partial charge in [0.05, 0.1) is 5.25 Å². The number of carbonyl (C=O) groups is 1. The highest BCUT2D eigenvalue weighted by atomic mass is 35.5. The zero-order valence-electron chi connectivity index (χ0n) is 12.5. The molecule has 0 bridgehead atoms. The van der Waals surface area contributed by atoms with E-state index in [4.69, 9.17) is 23.2 Å². The highest BCUT2D eigenvalue weighted by Gasteiger charge is 2.21. The molecule has 2 aromatic rings. The molecule has 4 nitrogen and oxygen atoms in total. The van der Waals surface area contributed by atoms with Gasteiger partial charge >= 0.3 is 0 Å². The Hall–Kier alpha value is -1.37. The first-order chi connectivity index (χ1) is 10.9. The van der Waals surface area contributed by atoms with Crippen LogP contribution in [0.5, 0.6) is 0 Å². The fourth-order valence-corrected chi connectivity index (χ4v) is 3.11. The van der Waals surface area contributed by atoms with Crippen molar-refractivity contribution in [1.82, 2.24) is 15.1 Å². The van der Waals surface area contributed by atoms with Gasteiger partial charge in [-0.2, -0.15) is 0 Å². The monoisotopic (exact) mass is 373 g/mol. The Labute approximate surface area is 148 Å². The van der Waals surface area contributed by atoms with Crippen molar-refractivity contribution >= 4 is 40.9 Å². The van der Waals surface area contributed by atoms with Crippen LogP contribution in [0.3, 0.4) is 0 Å². The van der Waals surface area contributed by atoms with Gasteiger partial charge in [-0.25, -0.2) is 4.39 Å². The summed E-state index contributed by atoms with van der Waals surface area (Å²) in [6.45, 7) is 1.85. The molecule has 1 atom stereocenters. The van der Waals surface area contributed by atoms with E-state index in [2.05, 4.69) is 10.2 Å². The van der Waals surface area contributed by atoms with E-state index in [1.807, 2.05) is 0 Å². The maximum absolute atomic E-state index is 13.8. The van der Waals surface area contributed by atoms with Crippen molar-refractivity contribution in [2.75, 3.05) is 7.05 Å². The molecule has 0 aliphatic carbocycles. The fourth-order valence-electron chi connectivity index (χ4n) is 1.91. The van der Waals surface area contributed by atoms with Crippen LogP contribution in [0.2, 0.25) is 10.2 Å². The van der Waals surface area contributed by atoms with Crippen molar-refractivity contribution < 1.29 is 9.18 Å². The van der Waals surface area contributed by atoms with E-state index in [0.29, 0.717) is 20.8 Å². The van der Waals surface area contributed by atoms with Crippen molar-refractivity contribution in [2.45, 2.75) is 23.7 Å². The molecule has 0 saturated carbocycles. The maximum atomic E-state index is 13.8. The highest BCUT2D eigenvalue weighted by Crippen LogP contribution is 2.24. The van der Waals surface area contributed by atoms with E-state index >= 15 is 0 Å². The Morgan fingerprint density at radius 3 is 2.65 bits per heavy atom. The van der Waals surface area contributed by atoms with E-state index in [1.165, 1.54) is 28.8 Å². The molecule has 2 rings (SSSR count). The molecule has 1 aromatic heterocycles. The summed E-state index contributed by atoms with van der Waals surface area (Å²) < 4.78 is 13.8. The van der Waals surface area contributed by atoms with Crippen molar-refractivity contribution in [3.8, 4) is 0 Å². The predicted molar refractivity (Wildman–Crippen MR) is 90.2 cm³/mol. The Morgan fingerprint density at radius 1 is 1.30 bits per heavy atom. The third-order valence-electron chi connectivity index (χ3n) is 3.09. The third-order valence-corrected chi connectivity index (χ3v) is 4.66. The molecule has 1 aromatic carbocycles. The van der Waals surface area contributed by atoms with Crippen LogP contribution in [0.25, 0.3) is 0 Å². The van der Waals surface area contributed by atoms with Crippen LogP contribution in [0, 0.1) is 5.82 Å². The van der Waals surface area contributed by atoms with Crippen molar-refractivity contribution in [2.24, 2.45) is 0 Å². The van der Waals surface area contributed by atoms with Crippen molar-refractivity contribution in [3.05, 3.63) is 51.9 Å². The largest absolute Gasteiger partial charge is 0.340 e. The van der Waals surface area contributed by atoms with Gasteiger partial charge in [-0.05, 0) is 31.2 Å². The zero-order valence-corrected chi connectivity index (χ0v) is 14.8. The number of halogens is 3. The van der Waals surface area contributed by atoms with E-state index in [9.17, 15) is 9.18 Å². The summed E-state index contributed by atoms with van der Waals surface area (Å²) in [5.41, 5.74) is 0.300. The topological polar surface area (TPSA) is 46.1 Å². The maximum Gasteiger partial charge on any atom is 0.235 e. The van der Waals surface area contributed by atoms with Gasteiger partial charge in [-0.1, -0.05) is 41.0 Å². The van der Waals surface area contributed by atoms with Crippen molar-refractivity contribution in [3.63, 3.8) is 0 Å². The van der Waals surface area contributed by atoms with Gasteiger partial charge in [-0.3, -0.25) is 4.79 Å². The summed E-state index contributed by atoms with van der Waals surface area (Å²) in [6.07, 6.45) is 0. The molecule has 1 unspecified atom stereocenters. The van der Waals surface area contributed by atoms with Gasteiger partial charge in [0, 0.05) is 24.2 Å². The number of rotatable bonds is 5. The minimum atomic E-state index is -0.430. The van der Waals surface area contributed by atoms with Crippen LogP contribution in [0.1, 0.15) is 12.5 Å². The third kappa shape index (κ3) is 4.80. The average molecular weight is 374 g/mol. The van der Waals surface area contributed by atoms with E-state index in [0.717, 1.165) is 0 Å². The number of amides is 1. The number of hydrogen-bond donors (Lipinski definition) is 0. The molecule has 0 N–H and O–H groups in total. The lowest BCUT2D eigenvalue weighted by Crippen LogP contribution is -2.33. The normalized spacial score (nSPS) is 12.0. The molecule has 23 heavy (non-hydrogen) atoms. The molecule has 0 saturated heterocycles. The summed E-state index contributed by atoms with van der Waals surface area (Å²) in [5, 5.41) is 8.41. The first kappa shape index (κ1) is 18.0. The van der Waals surface area contributed by atoms with Gasteiger partial charge in [0.15, 0.2) is 5.15 Å². The molecule has 0 radical (unpaired) electrons. The molecule has 1 heterocycles. The lowest BCUT2D eigenvalue weighted by atomic mass is 10.2. The summed E-state index contributed by atoms with van der Waals surface area (Å²) in [7, 11) is 1.61. The van der Waals surface area contributed by atoms with Gasteiger partial charge in [0.25, 0.3) is 0 Å². The van der Waals surface area contributed by atoms with E-state index in [-0.39, 0.29) is 12.5 Å². The lowest BCUT2D eigenvalue weighted by Gasteiger charge is -2.21. The van der Waals surface area contributed by atoms with Gasteiger partial charge in [0.2, 0.25) is 5.91 Å². The fraction of sp³-hybridized carbons (Fsp3) is 0.267. The van der Waals surface area contributed by atoms with Crippen LogP contribution < -0.4 is 0 Å². The van der Waals surface area contributed by atoms with Gasteiger partial charge in [-0.15, -0.1) is 10.2 Å². The molecule has 1 amide bonds. The Morgan fingerprint density at radius 2 is 2.04 bits per heavy atom. The summed E-state index contributed by atoms with van der Waals surface area (Å²) in [5.74, 6) is -0.591. The molecule has 0 aliphatic rings. The Kier molecular flexibility index (Phi) is 6.21. The molecule has 0 fully saturated rings. The molecule has 0 aliphatic heterocycles. The molecule has 8 heteroatoms. The second kappa shape index (κ2) is 7.95. The molecular weight excluding hydrogens is 360 g/mol. The predicted octanol–water partition coefficient (Wildman–Crippen LogP) is 4.06. The number of hydrogen-bond acceptors (Lipinski definition) is 4. The number of nitrogens with zero attached hydrogens (tertiary/aromatic N) is 3. The molecular formula is C15H14Cl2FN3OS. The summed E-state index contributed by atoms with van der Waals surface area (Å²) in [4.78, 5) is 13.8. The second-order valence-electron chi connectivity index (χ2n) is 4.85. The van der Waals surface area contributed by atoms with Gasteiger partial charge < -0.3 is 4.90 Å². The van der Waals surface area contributed by atoms with Crippen LogP contribution >= 0.6 is 35.0 Å². The Balaban J connectivity index is 2.02. The summed E-state index contributed by atoms with van der Waals surface area (Å²) >= 11 is 12.9. The zero-order chi connectivity index (χ0) is 17.0. The highest BCUT2D eigenvalue weighted by molar-refractivity contribution is 8.00. The first-order valence-corrected chi connectivity index (χ1v) is 8.36.